The fourth-order valence-electron chi connectivity index (χ4n) is 0.403. The Morgan fingerprint density at radius 3 is 1.95 bits per heavy atom. The minimum Gasteiger partial charge on any atom is -0.317 e. The molecule has 0 spiro atoms. The average molecular weight is 266 g/mol. The Hall–Kier alpha value is -1.94. The summed E-state index contributed by atoms with van der Waals surface area (Å²) >= 11 is 0. The highest BCUT2D eigenvalue weighted by Crippen LogP contribution is 2.15. The molecule has 0 bridgehead atoms. The molecule has 0 amide bonds. The quantitative estimate of drug-likeness (QED) is 0.443. The highest BCUT2D eigenvalue weighted by molar-refractivity contribution is 5.57. The summed E-state index contributed by atoms with van der Waals surface area (Å²) in [6.45, 7) is 17.4. The van der Waals surface area contributed by atoms with E-state index in [0.29, 0.717) is 13.0 Å². The van der Waals surface area contributed by atoms with E-state index in [1.807, 2.05) is 27.7 Å². The molecular weight excluding hydrogens is 240 g/mol. The van der Waals surface area contributed by atoms with E-state index in [1.165, 1.54) is 6.08 Å². The molecule has 0 aliphatic rings. The maximum Gasteiger partial charge on any atom is 0.215 e. The van der Waals surface area contributed by atoms with Crippen molar-refractivity contribution in [3.63, 3.8) is 0 Å². The molecule has 0 unspecified atom stereocenters. The first-order valence-corrected chi connectivity index (χ1v) is 5.56. The van der Waals surface area contributed by atoms with Crippen LogP contribution in [0.25, 0.3) is 4.85 Å². The van der Waals surface area contributed by atoms with Gasteiger partial charge in [-0.3, -0.25) is 0 Å². The van der Waals surface area contributed by atoms with Crippen molar-refractivity contribution in [3.05, 3.63) is 24.1 Å². The summed E-state index contributed by atoms with van der Waals surface area (Å²) in [5.74, 6) is 0.204. The number of carbonyl (C=O) groups excluding carboxylic acids is 2. The number of carbonyl (C=O) groups is 2. The Morgan fingerprint density at radius 1 is 1.42 bits per heavy atom. The average Bonchev–Trinajstić information content (AvgIpc) is 2.37. The van der Waals surface area contributed by atoms with Crippen LogP contribution >= 0.6 is 0 Å². The first kappa shape index (κ1) is 25.8. The molecular formula is C15H26N2O2. The molecule has 0 atom stereocenters. The number of nitriles is 1. The number of rotatable bonds is 4. The minimum atomic E-state index is -0.301. The second kappa shape index (κ2) is 18.4. The Morgan fingerprint density at radius 2 is 1.79 bits per heavy atom. The van der Waals surface area contributed by atoms with Crippen LogP contribution in [0.15, 0.2) is 12.7 Å². The van der Waals surface area contributed by atoms with Crippen LogP contribution in [0.1, 0.15) is 41.5 Å². The zero-order valence-corrected chi connectivity index (χ0v) is 11.6. The normalized spacial score (nSPS) is 7.95. The van der Waals surface area contributed by atoms with Gasteiger partial charge in [0.2, 0.25) is 6.54 Å². The number of hydrogen-bond donors (Lipinski definition) is 0. The molecule has 0 aliphatic carbocycles. The zero-order valence-electron chi connectivity index (χ0n) is 11.6. The smallest absolute Gasteiger partial charge is 0.215 e. The molecule has 4 heteroatoms. The van der Waals surface area contributed by atoms with Gasteiger partial charge in [-0.1, -0.05) is 41.7 Å². The molecule has 0 aromatic carbocycles. The van der Waals surface area contributed by atoms with Gasteiger partial charge in [0.1, 0.15) is 12.6 Å². The number of nitrogens with zero attached hydrogens (tertiary/aromatic N) is 2. The first-order chi connectivity index (χ1) is 8.31. The van der Waals surface area contributed by atoms with Crippen LogP contribution < -0.4 is 0 Å². The summed E-state index contributed by atoms with van der Waals surface area (Å²) in [7, 11) is 0. The predicted octanol–water partition coefficient (Wildman–Crippen LogP) is 3.69. The lowest BCUT2D eigenvalue weighted by atomic mass is 9.92. The fourth-order valence-corrected chi connectivity index (χ4v) is 0.403. The van der Waals surface area contributed by atoms with E-state index in [9.17, 15) is 9.59 Å². The minimum absolute atomic E-state index is 0. The second-order valence-corrected chi connectivity index (χ2v) is 4.45. The summed E-state index contributed by atoms with van der Waals surface area (Å²) in [5.41, 5.74) is -0.301. The first-order valence-electron chi connectivity index (χ1n) is 5.56. The van der Waals surface area contributed by atoms with Gasteiger partial charge in [0, 0.05) is 23.8 Å². The monoisotopic (exact) mass is 266 g/mol. The largest absolute Gasteiger partial charge is 0.317 e. The summed E-state index contributed by atoms with van der Waals surface area (Å²) in [4.78, 5) is 22.9. The second-order valence-electron chi connectivity index (χ2n) is 4.45. The lowest BCUT2D eigenvalue weighted by Crippen LogP contribution is -2.13. The van der Waals surface area contributed by atoms with Crippen molar-refractivity contribution in [1.29, 1.82) is 5.26 Å². The van der Waals surface area contributed by atoms with Crippen molar-refractivity contribution < 1.29 is 9.59 Å². The molecule has 0 radical (unpaired) electrons. The van der Waals surface area contributed by atoms with E-state index < -0.39 is 0 Å². The third kappa shape index (κ3) is 38.7. The highest BCUT2D eigenvalue weighted by Gasteiger charge is 2.16. The Labute approximate surface area is 117 Å². The van der Waals surface area contributed by atoms with Crippen molar-refractivity contribution in [3.8, 4) is 6.07 Å². The van der Waals surface area contributed by atoms with Crippen LogP contribution in [0.4, 0.5) is 0 Å². The maximum atomic E-state index is 10.2. The van der Waals surface area contributed by atoms with Crippen LogP contribution in [0.3, 0.4) is 0 Å². The summed E-state index contributed by atoms with van der Waals surface area (Å²) in [6.07, 6.45) is 3.66. The van der Waals surface area contributed by atoms with Crippen molar-refractivity contribution >= 4 is 12.6 Å². The molecule has 0 heterocycles. The van der Waals surface area contributed by atoms with Gasteiger partial charge in [0.05, 0.1) is 6.07 Å². The van der Waals surface area contributed by atoms with Crippen LogP contribution in [0.5, 0.6) is 0 Å². The topological polar surface area (TPSA) is 62.3 Å². The maximum absolute atomic E-state index is 10.2. The zero-order chi connectivity index (χ0) is 15.0. The fraction of sp³-hybridized carbons (Fsp3) is 0.600. The van der Waals surface area contributed by atoms with E-state index in [1.54, 1.807) is 6.07 Å². The van der Waals surface area contributed by atoms with Gasteiger partial charge in [-0.25, -0.2) is 6.57 Å². The molecule has 108 valence electrons. The van der Waals surface area contributed by atoms with Gasteiger partial charge in [-0.15, -0.1) is 0 Å². The molecule has 4 nitrogen and oxygen atoms in total. The van der Waals surface area contributed by atoms with Crippen molar-refractivity contribution in [1.82, 2.24) is 0 Å². The van der Waals surface area contributed by atoms with Gasteiger partial charge >= 0.3 is 0 Å². The number of aldehydes is 2. The summed E-state index contributed by atoms with van der Waals surface area (Å²) in [5, 5.41) is 7.51. The van der Waals surface area contributed by atoms with E-state index in [0.717, 1.165) is 12.6 Å². The standard InChI is InChI=1S/C7H11NO.C4H8O.C3H3N.CH4/c1-7(2,6-9)4-5-8-3;1-4(2)3-5;1-2-3-4;/h6H,4-5H2,1-2H3;3-4H,1-2H3;2H,1H2;1H4. The van der Waals surface area contributed by atoms with Crippen molar-refractivity contribution in [2.24, 2.45) is 11.3 Å². The van der Waals surface area contributed by atoms with Gasteiger partial charge in [-0.2, -0.15) is 5.26 Å². The molecule has 0 saturated carbocycles. The van der Waals surface area contributed by atoms with Crippen LogP contribution in [-0.4, -0.2) is 19.1 Å². The molecule has 0 aliphatic heterocycles. The third-order valence-electron chi connectivity index (χ3n) is 1.55. The third-order valence-corrected chi connectivity index (χ3v) is 1.55. The molecule has 0 saturated heterocycles. The van der Waals surface area contributed by atoms with Crippen LogP contribution in [0.2, 0.25) is 0 Å². The van der Waals surface area contributed by atoms with E-state index in [2.05, 4.69) is 11.4 Å². The predicted molar refractivity (Wildman–Crippen MR) is 79.4 cm³/mol. The molecule has 0 rings (SSSR count). The van der Waals surface area contributed by atoms with Gasteiger partial charge in [-0.05, 0) is 0 Å². The molecule has 0 fully saturated rings. The molecule has 0 aromatic heterocycles. The van der Waals surface area contributed by atoms with Crippen molar-refractivity contribution in [2.75, 3.05) is 6.54 Å². The van der Waals surface area contributed by atoms with Crippen molar-refractivity contribution in [2.45, 2.75) is 41.5 Å². The molecule has 0 aromatic rings. The van der Waals surface area contributed by atoms with E-state index in [4.69, 9.17) is 11.8 Å². The molecule has 19 heavy (non-hydrogen) atoms. The van der Waals surface area contributed by atoms with E-state index >= 15 is 0 Å². The van der Waals surface area contributed by atoms with Gasteiger partial charge < -0.3 is 14.4 Å². The van der Waals surface area contributed by atoms with Crippen LogP contribution in [0, 0.1) is 29.2 Å². The van der Waals surface area contributed by atoms with Gasteiger partial charge in [0.15, 0.2) is 0 Å². The van der Waals surface area contributed by atoms with Crippen LogP contribution in [-0.2, 0) is 9.59 Å². The lowest BCUT2D eigenvalue weighted by molar-refractivity contribution is -0.114. The Kier molecular flexibility index (Phi) is 25.0. The number of allylic oxidation sites excluding steroid dienone is 1. The summed E-state index contributed by atoms with van der Waals surface area (Å²) in [6, 6.07) is 1.69. The van der Waals surface area contributed by atoms with E-state index in [-0.39, 0.29) is 18.8 Å². The Bertz CT molecular complexity index is 307. The number of hydrogen-bond acceptors (Lipinski definition) is 3. The van der Waals surface area contributed by atoms with Gasteiger partial charge in [0.25, 0.3) is 0 Å². The molecule has 0 N–H and O–H groups in total. The SMILES string of the molecule is C.C=CC#N.CC(C)C=O.[C-]#[N+]CCC(C)(C)C=O. The lowest BCUT2D eigenvalue weighted by Gasteiger charge is -2.10. The summed E-state index contributed by atoms with van der Waals surface area (Å²) < 4.78 is 0. The highest BCUT2D eigenvalue weighted by atomic mass is 16.1. The Balaban J connectivity index is -0.0000000964.